The Labute approximate surface area is 99.4 Å². The molecule has 0 saturated carbocycles. The van der Waals surface area contributed by atoms with E-state index in [4.69, 9.17) is 9.84 Å². The minimum absolute atomic E-state index is 0.165. The number of ether oxygens (including phenoxy) is 1. The van der Waals surface area contributed by atoms with Crippen LogP contribution in [0.5, 0.6) is 5.75 Å². The lowest BCUT2D eigenvalue weighted by Gasteiger charge is -2.08. The molecule has 1 amide bonds. The van der Waals surface area contributed by atoms with Gasteiger partial charge in [0.25, 0.3) is 0 Å². The predicted molar refractivity (Wildman–Crippen MR) is 62.1 cm³/mol. The maximum Gasteiger partial charge on any atom is 0.394 e. The van der Waals surface area contributed by atoms with Crippen molar-refractivity contribution < 1.29 is 19.4 Å². The van der Waals surface area contributed by atoms with E-state index in [1.807, 2.05) is 32.0 Å². The first kappa shape index (κ1) is 13.0. The third-order valence-electron chi connectivity index (χ3n) is 2.33. The minimum Gasteiger partial charge on any atom is -0.492 e. The van der Waals surface area contributed by atoms with Crippen molar-refractivity contribution in [2.75, 3.05) is 13.2 Å². The summed E-state index contributed by atoms with van der Waals surface area (Å²) in [4.78, 5) is 20.9. The number of benzene rings is 1. The Morgan fingerprint density at radius 1 is 1.29 bits per heavy atom. The van der Waals surface area contributed by atoms with Crippen molar-refractivity contribution in [3.05, 3.63) is 29.3 Å². The van der Waals surface area contributed by atoms with Crippen molar-refractivity contribution in [1.29, 1.82) is 0 Å². The molecule has 0 aromatic heterocycles. The Bertz CT molecular complexity index is 429. The van der Waals surface area contributed by atoms with E-state index in [0.717, 1.165) is 5.56 Å². The lowest BCUT2D eigenvalue weighted by atomic mass is 10.1. The van der Waals surface area contributed by atoms with Gasteiger partial charge in [-0.3, -0.25) is 4.79 Å². The van der Waals surface area contributed by atoms with Crippen LogP contribution < -0.4 is 10.1 Å². The zero-order valence-corrected chi connectivity index (χ0v) is 9.82. The van der Waals surface area contributed by atoms with E-state index in [1.54, 1.807) is 0 Å². The number of hydrogen-bond acceptors (Lipinski definition) is 3. The van der Waals surface area contributed by atoms with Crippen molar-refractivity contribution in [1.82, 2.24) is 5.32 Å². The number of carbonyl (C=O) groups excluding carboxylic acids is 1. The number of carboxylic acids is 1. The fourth-order valence-corrected chi connectivity index (χ4v) is 1.21. The second-order valence-electron chi connectivity index (χ2n) is 3.66. The van der Waals surface area contributed by atoms with Crippen molar-refractivity contribution in [2.24, 2.45) is 0 Å². The maximum absolute atomic E-state index is 10.7. The van der Waals surface area contributed by atoms with E-state index in [1.165, 1.54) is 5.56 Å². The molecule has 92 valence electrons. The molecule has 0 aliphatic rings. The van der Waals surface area contributed by atoms with Crippen molar-refractivity contribution in [2.45, 2.75) is 13.8 Å². The van der Waals surface area contributed by atoms with Gasteiger partial charge in [-0.15, -0.1) is 0 Å². The standard InChI is InChI=1S/C12H15NO4/c1-8-3-4-10(7-9(8)2)17-6-5-13-11(14)12(15)16/h3-4,7H,5-6H2,1-2H3,(H,13,14)(H,15,16). The van der Waals surface area contributed by atoms with Crippen LogP contribution in [0.25, 0.3) is 0 Å². The van der Waals surface area contributed by atoms with E-state index >= 15 is 0 Å². The predicted octanol–water partition coefficient (Wildman–Crippen LogP) is 0.883. The highest BCUT2D eigenvalue weighted by atomic mass is 16.5. The van der Waals surface area contributed by atoms with Gasteiger partial charge in [-0.25, -0.2) is 4.79 Å². The molecule has 0 aliphatic heterocycles. The molecule has 1 rings (SSSR count). The SMILES string of the molecule is Cc1ccc(OCCNC(=O)C(=O)O)cc1C. The van der Waals surface area contributed by atoms with Crippen LogP contribution in [0.3, 0.4) is 0 Å². The summed E-state index contributed by atoms with van der Waals surface area (Å²) in [5.41, 5.74) is 2.30. The third kappa shape index (κ3) is 4.14. The van der Waals surface area contributed by atoms with Crippen LogP contribution in [0.4, 0.5) is 0 Å². The Balaban J connectivity index is 2.34. The van der Waals surface area contributed by atoms with Gasteiger partial charge in [-0.05, 0) is 37.1 Å². The molecule has 0 fully saturated rings. The smallest absolute Gasteiger partial charge is 0.394 e. The molecule has 17 heavy (non-hydrogen) atoms. The fraction of sp³-hybridized carbons (Fsp3) is 0.333. The Morgan fingerprint density at radius 2 is 2.00 bits per heavy atom. The molecule has 0 spiro atoms. The molecule has 5 nitrogen and oxygen atoms in total. The topological polar surface area (TPSA) is 75.6 Å². The van der Waals surface area contributed by atoms with E-state index in [2.05, 4.69) is 5.32 Å². The quantitative estimate of drug-likeness (QED) is 0.602. The van der Waals surface area contributed by atoms with E-state index in [-0.39, 0.29) is 13.2 Å². The molecular formula is C12H15NO4. The lowest BCUT2D eigenvalue weighted by molar-refractivity contribution is -0.150. The van der Waals surface area contributed by atoms with Gasteiger partial charge in [0.15, 0.2) is 0 Å². The normalized spacial score (nSPS) is 9.76. The van der Waals surface area contributed by atoms with Gasteiger partial charge in [0, 0.05) is 0 Å². The molecule has 0 bridgehead atoms. The zero-order chi connectivity index (χ0) is 12.8. The van der Waals surface area contributed by atoms with Gasteiger partial charge in [0.05, 0.1) is 6.54 Å². The zero-order valence-electron chi connectivity index (χ0n) is 9.82. The Morgan fingerprint density at radius 3 is 2.59 bits per heavy atom. The Kier molecular flexibility index (Phi) is 4.51. The summed E-state index contributed by atoms with van der Waals surface area (Å²) in [5, 5.41) is 10.5. The van der Waals surface area contributed by atoms with Crippen LogP contribution >= 0.6 is 0 Å². The van der Waals surface area contributed by atoms with Crippen LogP contribution in [0.15, 0.2) is 18.2 Å². The third-order valence-corrected chi connectivity index (χ3v) is 2.33. The van der Waals surface area contributed by atoms with Gasteiger partial charge in [0.2, 0.25) is 0 Å². The number of carboxylic acid groups (broad SMARTS) is 1. The van der Waals surface area contributed by atoms with Gasteiger partial charge in [0.1, 0.15) is 12.4 Å². The number of aliphatic carboxylic acids is 1. The highest BCUT2D eigenvalue weighted by Crippen LogP contribution is 2.15. The first-order valence-electron chi connectivity index (χ1n) is 5.22. The van der Waals surface area contributed by atoms with Crippen LogP contribution in [0.2, 0.25) is 0 Å². The van der Waals surface area contributed by atoms with Crippen molar-refractivity contribution in [3.63, 3.8) is 0 Å². The van der Waals surface area contributed by atoms with Crippen LogP contribution in [-0.4, -0.2) is 30.1 Å². The fourth-order valence-electron chi connectivity index (χ4n) is 1.21. The molecule has 0 unspecified atom stereocenters. The van der Waals surface area contributed by atoms with Crippen LogP contribution in [-0.2, 0) is 9.59 Å². The molecule has 0 atom stereocenters. The van der Waals surface area contributed by atoms with E-state index in [9.17, 15) is 9.59 Å². The summed E-state index contributed by atoms with van der Waals surface area (Å²) in [5.74, 6) is -1.80. The minimum atomic E-state index is -1.49. The molecule has 1 aromatic rings. The summed E-state index contributed by atoms with van der Waals surface area (Å²) in [6.45, 7) is 4.39. The first-order chi connectivity index (χ1) is 8.00. The van der Waals surface area contributed by atoms with Gasteiger partial charge in [-0.1, -0.05) is 6.07 Å². The molecular weight excluding hydrogens is 222 g/mol. The summed E-state index contributed by atoms with van der Waals surface area (Å²) in [6, 6.07) is 5.68. The highest BCUT2D eigenvalue weighted by Gasteiger charge is 2.09. The summed E-state index contributed by atoms with van der Waals surface area (Å²) in [7, 11) is 0. The second-order valence-corrected chi connectivity index (χ2v) is 3.66. The number of nitrogens with one attached hydrogen (secondary N) is 1. The number of aryl methyl sites for hydroxylation is 2. The summed E-state index contributed by atoms with van der Waals surface area (Å²) < 4.78 is 5.36. The summed E-state index contributed by atoms with van der Waals surface area (Å²) in [6.07, 6.45) is 0. The average Bonchev–Trinajstić information content (AvgIpc) is 2.28. The molecule has 2 N–H and O–H groups in total. The van der Waals surface area contributed by atoms with E-state index in [0.29, 0.717) is 5.75 Å². The average molecular weight is 237 g/mol. The molecule has 1 aromatic carbocycles. The molecule has 0 saturated heterocycles. The highest BCUT2D eigenvalue weighted by molar-refractivity contribution is 6.31. The van der Waals surface area contributed by atoms with Crippen LogP contribution in [0.1, 0.15) is 11.1 Å². The second kappa shape index (κ2) is 5.89. The van der Waals surface area contributed by atoms with Crippen molar-refractivity contribution >= 4 is 11.9 Å². The molecule has 0 radical (unpaired) electrons. The van der Waals surface area contributed by atoms with Gasteiger partial charge < -0.3 is 15.2 Å². The molecule has 5 heteroatoms. The lowest BCUT2D eigenvalue weighted by Crippen LogP contribution is -2.33. The number of hydrogen-bond donors (Lipinski definition) is 2. The number of amides is 1. The monoisotopic (exact) mass is 237 g/mol. The van der Waals surface area contributed by atoms with Crippen LogP contribution in [0, 0.1) is 13.8 Å². The maximum atomic E-state index is 10.7. The van der Waals surface area contributed by atoms with E-state index < -0.39 is 11.9 Å². The number of rotatable bonds is 4. The largest absolute Gasteiger partial charge is 0.492 e. The van der Waals surface area contributed by atoms with Gasteiger partial charge >= 0.3 is 11.9 Å². The molecule has 0 heterocycles. The number of carbonyl (C=O) groups is 2. The van der Waals surface area contributed by atoms with Crippen molar-refractivity contribution in [3.8, 4) is 5.75 Å². The van der Waals surface area contributed by atoms with Gasteiger partial charge in [-0.2, -0.15) is 0 Å². The summed E-state index contributed by atoms with van der Waals surface area (Å²) >= 11 is 0. The first-order valence-corrected chi connectivity index (χ1v) is 5.22. The molecule has 0 aliphatic carbocycles. The Hall–Kier alpha value is -2.04.